The van der Waals surface area contributed by atoms with E-state index in [1.54, 1.807) is 18.2 Å². The van der Waals surface area contributed by atoms with Crippen molar-refractivity contribution in [1.82, 2.24) is 9.88 Å². The molecule has 2 aromatic carbocycles. The maximum Gasteiger partial charge on any atom is 0.257 e. The Morgan fingerprint density at radius 3 is 2.41 bits per heavy atom. The Bertz CT molecular complexity index is 1100. The number of carbonyl (C=O) groups excluding carboxylic acids is 3. The van der Waals surface area contributed by atoms with Gasteiger partial charge in [0.2, 0.25) is 11.8 Å². The predicted octanol–water partition coefficient (Wildman–Crippen LogP) is 4.67. The second kappa shape index (κ2) is 10.4. The molecular weight excluding hydrogens is 424 g/mol. The van der Waals surface area contributed by atoms with Crippen molar-refractivity contribution >= 4 is 50.1 Å². The molecule has 2 heterocycles. The van der Waals surface area contributed by atoms with Crippen LogP contribution in [0, 0.1) is 0 Å². The van der Waals surface area contributed by atoms with E-state index >= 15 is 0 Å². The molecule has 0 unspecified atom stereocenters. The van der Waals surface area contributed by atoms with Gasteiger partial charge in [-0.15, -0.1) is 0 Å². The predicted molar refractivity (Wildman–Crippen MR) is 127 cm³/mol. The normalized spacial score (nSPS) is 14.1. The Morgan fingerprint density at radius 2 is 1.66 bits per heavy atom. The van der Waals surface area contributed by atoms with Crippen LogP contribution in [0.3, 0.4) is 0 Å². The molecule has 4 rings (SSSR count). The van der Waals surface area contributed by atoms with Gasteiger partial charge in [-0.3, -0.25) is 19.7 Å². The molecule has 1 saturated heterocycles. The molecule has 32 heavy (non-hydrogen) atoms. The van der Waals surface area contributed by atoms with Crippen LogP contribution in [0.25, 0.3) is 10.2 Å². The summed E-state index contributed by atoms with van der Waals surface area (Å²) in [6.45, 7) is 1.59. The number of hydrogen-bond donors (Lipinski definition) is 2. The van der Waals surface area contributed by atoms with Crippen molar-refractivity contribution in [1.29, 1.82) is 0 Å². The third-order valence-corrected chi connectivity index (χ3v) is 6.39. The van der Waals surface area contributed by atoms with E-state index in [4.69, 9.17) is 0 Å². The highest BCUT2D eigenvalue weighted by atomic mass is 32.1. The van der Waals surface area contributed by atoms with Crippen molar-refractivity contribution in [2.75, 3.05) is 23.7 Å². The lowest BCUT2D eigenvalue weighted by Crippen LogP contribution is -2.32. The van der Waals surface area contributed by atoms with Crippen LogP contribution in [0.2, 0.25) is 0 Å². The highest BCUT2D eigenvalue weighted by Gasteiger charge is 2.17. The van der Waals surface area contributed by atoms with Crippen LogP contribution >= 0.6 is 11.3 Å². The van der Waals surface area contributed by atoms with Gasteiger partial charge in [-0.1, -0.05) is 42.4 Å². The molecule has 166 valence electrons. The average Bonchev–Trinajstić information content (AvgIpc) is 3.00. The Morgan fingerprint density at radius 1 is 0.906 bits per heavy atom. The number of rotatable bonds is 6. The molecule has 2 N–H and O–H groups in total. The van der Waals surface area contributed by atoms with Gasteiger partial charge in [-0.2, -0.15) is 0 Å². The fourth-order valence-corrected chi connectivity index (χ4v) is 4.64. The van der Waals surface area contributed by atoms with Gasteiger partial charge in [-0.05, 0) is 43.2 Å². The van der Waals surface area contributed by atoms with Crippen LogP contribution in [0.1, 0.15) is 48.9 Å². The Kier molecular flexibility index (Phi) is 7.11. The van der Waals surface area contributed by atoms with Crippen molar-refractivity contribution in [3.05, 3.63) is 54.1 Å². The largest absolute Gasteiger partial charge is 0.343 e. The van der Waals surface area contributed by atoms with E-state index in [1.165, 1.54) is 24.2 Å². The monoisotopic (exact) mass is 450 g/mol. The molecule has 1 aliphatic heterocycles. The van der Waals surface area contributed by atoms with Crippen LogP contribution < -0.4 is 10.6 Å². The Labute approximate surface area is 190 Å². The first-order valence-electron chi connectivity index (χ1n) is 10.9. The topological polar surface area (TPSA) is 91.4 Å². The van der Waals surface area contributed by atoms with Gasteiger partial charge in [0.1, 0.15) is 0 Å². The molecule has 0 radical (unpaired) electrons. The lowest BCUT2D eigenvalue weighted by Gasteiger charge is -2.20. The number of thiazole rings is 1. The van der Waals surface area contributed by atoms with Crippen molar-refractivity contribution < 1.29 is 14.4 Å². The first-order valence-corrected chi connectivity index (χ1v) is 11.7. The molecule has 8 heteroatoms. The molecule has 1 fully saturated rings. The van der Waals surface area contributed by atoms with Crippen LogP contribution in [0.4, 0.5) is 10.8 Å². The summed E-state index contributed by atoms with van der Waals surface area (Å²) >= 11 is 1.35. The number of nitrogens with one attached hydrogen (secondary N) is 2. The number of anilines is 2. The molecule has 0 aliphatic carbocycles. The second-order valence-electron chi connectivity index (χ2n) is 7.86. The molecule has 1 aliphatic rings. The van der Waals surface area contributed by atoms with Crippen molar-refractivity contribution in [3.63, 3.8) is 0 Å². The van der Waals surface area contributed by atoms with E-state index in [0.29, 0.717) is 16.4 Å². The van der Waals surface area contributed by atoms with Gasteiger partial charge in [0.05, 0.1) is 10.2 Å². The van der Waals surface area contributed by atoms with Crippen LogP contribution in [-0.4, -0.2) is 40.7 Å². The molecule has 0 saturated carbocycles. The van der Waals surface area contributed by atoms with Gasteiger partial charge in [0.15, 0.2) is 5.13 Å². The first-order chi connectivity index (χ1) is 15.6. The summed E-state index contributed by atoms with van der Waals surface area (Å²) in [6, 6.07) is 14.4. The van der Waals surface area contributed by atoms with Crippen LogP contribution in [-0.2, 0) is 9.59 Å². The number of hydrogen-bond acceptors (Lipinski definition) is 5. The average molecular weight is 451 g/mol. The highest BCUT2D eigenvalue weighted by Crippen LogP contribution is 2.29. The quantitative estimate of drug-likeness (QED) is 0.571. The summed E-state index contributed by atoms with van der Waals surface area (Å²) in [5, 5.41) is 6.18. The van der Waals surface area contributed by atoms with Gasteiger partial charge < -0.3 is 10.2 Å². The summed E-state index contributed by atoms with van der Waals surface area (Å²) in [5.74, 6) is -0.347. The zero-order valence-corrected chi connectivity index (χ0v) is 18.6. The smallest absolute Gasteiger partial charge is 0.257 e. The number of likely N-dealkylation sites (tertiary alicyclic amines) is 1. The molecule has 3 aromatic rings. The number of benzene rings is 2. The second-order valence-corrected chi connectivity index (χ2v) is 8.90. The Balaban J connectivity index is 1.32. The van der Waals surface area contributed by atoms with E-state index in [2.05, 4.69) is 15.6 Å². The number of amides is 3. The van der Waals surface area contributed by atoms with E-state index in [-0.39, 0.29) is 30.6 Å². The number of aromatic nitrogens is 1. The third kappa shape index (κ3) is 5.70. The Hall–Kier alpha value is -3.26. The molecular formula is C24H26N4O3S. The summed E-state index contributed by atoms with van der Waals surface area (Å²) in [6.07, 6.45) is 4.81. The van der Waals surface area contributed by atoms with E-state index in [1.807, 2.05) is 35.2 Å². The van der Waals surface area contributed by atoms with E-state index in [0.717, 1.165) is 36.1 Å². The molecule has 0 bridgehead atoms. The fraction of sp³-hybridized carbons (Fsp3) is 0.333. The third-order valence-electron chi connectivity index (χ3n) is 5.45. The zero-order valence-electron chi connectivity index (χ0n) is 17.8. The molecule has 3 amide bonds. The highest BCUT2D eigenvalue weighted by molar-refractivity contribution is 7.22. The SMILES string of the molecule is O=C(CCC(=O)N1CCCCCC1)Nc1ccc2nc(NC(=O)c3ccccc3)sc2c1. The van der Waals surface area contributed by atoms with E-state index in [9.17, 15) is 14.4 Å². The summed E-state index contributed by atoms with van der Waals surface area (Å²) < 4.78 is 0.854. The number of nitrogens with zero attached hydrogens (tertiary/aromatic N) is 2. The number of fused-ring (bicyclic) bond motifs is 1. The fourth-order valence-electron chi connectivity index (χ4n) is 3.74. The van der Waals surface area contributed by atoms with Crippen molar-refractivity contribution in [2.24, 2.45) is 0 Å². The minimum Gasteiger partial charge on any atom is -0.343 e. The molecule has 0 atom stereocenters. The summed E-state index contributed by atoms with van der Waals surface area (Å²) in [4.78, 5) is 43.4. The maximum atomic E-state index is 12.4. The lowest BCUT2D eigenvalue weighted by atomic mass is 10.2. The van der Waals surface area contributed by atoms with Crippen molar-refractivity contribution in [2.45, 2.75) is 38.5 Å². The molecule has 7 nitrogen and oxygen atoms in total. The lowest BCUT2D eigenvalue weighted by molar-refractivity contribution is -0.132. The van der Waals surface area contributed by atoms with Gasteiger partial charge in [-0.25, -0.2) is 4.98 Å². The summed E-state index contributed by atoms with van der Waals surface area (Å²) in [7, 11) is 0. The molecule has 1 aromatic heterocycles. The van der Waals surface area contributed by atoms with Crippen molar-refractivity contribution in [3.8, 4) is 0 Å². The first kappa shape index (κ1) is 22.0. The molecule has 0 spiro atoms. The van der Waals surface area contributed by atoms with Gasteiger partial charge >= 0.3 is 0 Å². The van der Waals surface area contributed by atoms with E-state index < -0.39 is 0 Å². The number of carbonyl (C=O) groups is 3. The minimum absolute atomic E-state index is 0.0544. The van der Waals surface area contributed by atoms with Gasteiger partial charge in [0, 0.05) is 37.2 Å². The zero-order chi connectivity index (χ0) is 22.3. The maximum absolute atomic E-state index is 12.4. The van der Waals surface area contributed by atoms with Crippen LogP contribution in [0.15, 0.2) is 48.5 Å². The van der Waals surface area contributed by atoms with Gasteiger partial charge in [0.25, 0.3) is 5.91 Å². The van der Waals surface area contributed by atoms with Crippen LogP contribution in [0.5, 0.6) is 0 Å². The standard InChI is InChI=1S/C24H26N4O3S/c29-21(12-13-22(30)28-14-6-1-2-7-15-28)25-18-10-11-19-20(16-18)32-24(26-19)27-23(31)17-8-4-3-5-9-17/h3-5,8-11,16H,1-2,6-7,12-15H2,(H,25,29)(H,26,27,31). The summed E-state index contributed by atoms with van der Waals surface area (Å²) in [5.41, 5.74) is 1.96. The minimum atomic E-state index is -0.216.